The lowest BCUT2D eigenvalue weighted by Gasteiger charge is -2.08. The Labute approximate surface area is 152 Å². The molecule has 0 saturated heterocycles. The van der Waals surface area contributed by atoms with Crippen molar-refractivity contribution >= 4 is 17.5 Å². The van der Waals surface area contributed by atoms with E-state index in [2.05, 4.69) is 15.6 Å². The van der Waals surface area contributed by atoms with Crippen LogP contribution < -0.4 is 10.6 Å². The van der Waals surface area contributed by atoms with Gasteiger partial charge in [-0.25, -0.2) is 0 Å². The average Bonchev–Trinajstić information content (AvgIpc) is 2.69. The Morgan fingerprint density at radius 2 is 1.65 bits per heavy atom. The lowest BCUT2D eigenvalue weighted by atomic mass is 10.1. The van der Waals surface area contributed by atoms with Crippen LogP contribution in [0.25, 0.3) is 0 Å². The van der Waals surface area contributed by atoms with Gasteiger partial charge in [0.2, 0.25) is 0 Å². The molecule has 0 atom stereocenters. The second-order valence-electron chi connectivity index (χ2n) is 5.94. The second kappa shape index (κ2) is 8.07. The summed E-state index contributed by atoms with van der Waals surface area (Å²) in [6, 6.07) is 17.9. The van der Waals surface area contributed by atoms with Crippen molar-refractivity contribution in [2.45, 2.75) is 13.5 Å². The van der Waals surface area contributed by atoms with E-state index in [0.29, 0.717) is 23.4 Å². The minimum absolute atomic E-state index is 0.237. The number of amides is 2. The van der Waals surface area contributed by atoms with E-state index in [1.54, 1.807) is 36.7 Å². The zero-order valence-corrected chi connectivity index (χ0v) is 14.4. The van der Waals surface area contributed by atoms with Crippen molar-refractivity contribution in [2.24, 2.45) is 0 Å². The predicted octanol–water partition coefficient (Wildman–Crippen LogP) is 3.57. The SMILES string of the molecule is Cc1ccc(NC(=O)c2cccc(C(=O)NCc3cccnc3)c2)cc1. The molecule has 3 aromatic rings. The molecular formula is C21H19N3O2. The molecule has 0 fully saturated rings. The van der Waals surface area contributed by atoms with Crippen LogP contribution in [0.4, 0.5) is 5.69 Å². The number of rotatable bonds is 5. The number of hydrogen-bond donors (Lipinski definition) is 2. The quantitative estimate of drug-likeness (QED) is 0.742. The number of carbonyl (C=O) groups excluding carboxylic acids is 2. The first-order chi connectivity index (χ1) is 12.6. The second-order valence-corrected chi connectivity index (χ2v) is 5.94. The summed E-state index contributed by atoms with van der Waals surface area (Å²) in [4.78, 5) is 28.7. The van der Waals surface area contributed by atoms with Crippen LogP contribution in [-0.2, 0) is 6.54 Å². The normalized spacial score (nSPS) is 10.2. The van der Waals surface area contributed by atoms with Crippen molar-refractivity contribution in [3.8, 4) is 0 Å². The highest BCUT2D eigenvalue weighted by molar-refractivity contribution is 6.06. The first-order valence-corrected chi connectivity index (χ1v) is 8.27. The molecule has 3 rings (SSSR count). The lowest BCUT2D eigenvalue weighted by molar-refractivity contribution is 0.0951. The fourth-order valence-electron chi connectivity index (χ4n) is 2.43. The molecule has 0 saturated carbocycles. The van der Waals surface area contributed by atoms with Gasteiger partial charge in [-0.05, 0) is 48.9 Å². The topological polar surface area (TPSA) is 71.1 Å². The Kier molecular flexibility index (Phi) is 5.39. The molecule has 1 heterocycles. The molecule has 2 amide bonds. The number of pyridine rings is 1. The van der Waals surface area contributed by atoms with Crippen molar-refractivity contribution in [2.75, 3.05) is 5.32 Å². The third kappa shape index (κ3) is 4.54. The molecule has 0 aliphatic heterocycles. The molecule has 5 nitrogen and oxygen atoms in total. The van der Waals surface area contributed by atoms with Crippen LogP contribution in [0, 0.1) is 6.92 Å². The van der Waals surface area contributed by atoms with E-state index in [9.17, 15) is 9.59 Å². The molecule has 1 aromatic heterocycles. The Morgan fingerprint density at radius 1 is 0.923 bits per heavy atom. The number of nitrogens with one attached hydrogen (secondary N) is 2. The van der Waals surface area contributed by atoms with E-state index in [0.717, 1.165) is 11.1 Å². The molecule has 130 valence electrons. The van der Waals surface area contributed by atoms with Gasteiger partial charge in [0.05, 0.1) is 0 Å². The molecule has 0 aliphatic rings. The third-order valence-corrected chi connectivity index (χ3v) is 3.87. The van der Waals surface area contributed by atoms with Gasteiger partial charge in [0.1, 0.15) is 0 Å². The first kappa shape index (κ1) is 17.4. The highest BCUT2D eigenvalue weighted by Crippen LogP contribution is 2.12. The molecule has 2 N–H and O–H groups in total. The van der Waals surface area contributed by atoms with Gasteiger partial charge in [-0.2, -0.15) is 0 Å². The van der Waals surface area contributed by atoms with Gasteiger partial charge in [-0.1, -0.05) is 29.8 Å². The van der Waals surface area contributed by atoms with Crippen LogP contribution in [0.3, 0.4) is 0 Å². The Hall–Kier alpha value is -3.47. The van der Waals surface area contributed by atoms with E-state index < -0.39 is 0 Å². The molecule has 2 aromatic carbocycles. The highest BCUT2D eigenvalue weighted by Gasteiger charge is 2.11. The van der Waals surface area contributed by atoms with E-state index in [1.165, 1.54) is 0 Å². The molecule has 5 heteroatoms. The summed E-state index contributed by atoms with van der Waals surface area (Å²) >= 11 is 0. The van der Waals surface area contributed by atoms with E-state index >= 15 is 0 Å². The molecular weight excluding hydrogens is 326 g/mol. The largest absolute Gasteiger partial charge is 0.348 e. The minimum atomic E-state index is -0.254. The number of benzene rings is 2. The van der Waals surface area contributed by atoms with Crippen LogP contribution in [0.5, 0.6) is 0 Å². The van der Waals surface area contributed by atoms with Crippen LogP contribution in [0.2, 0.25) is 0 Å². The lowest BCUT2D eigenvalue weighted by Crippen LogP contribution is -2.23. The summed E-state index contributed by atoms with van der Waals surface area (Å²) in [6.45, 7) is 2.37. The van der Waals surface area contributed by atoms with Crippen LogP contribution in [0.1, 0.15) is 31.8 Å². The first-order valence-electron chi connectivity index (χ1n) is 8.27. The Bertz CT molecular complexity index is 906. The zero-order chi connectivity index (χ0) is 18.4. The predicted molar refractivity (Wildman–Crippen MR) is 101 cm³/mol. The van der Waals surface area contributed by atoms with Crippen molar-refractivity contribution in [1.29, 1.82) is 0 Å². The molecule has 0 bridgehead atoms. The van der Waals surface area contributed by atoms with Crippen molar-refractivity contribution in [3.05, 3.63) is 95.3 Å². The summed E-state index contributed by atoms with van der Waals surface area (Å²) in [5.41, 5.74) is 3.61. The van der Waals surface area contributed by atoms with Gasteiger partial charge in [-0.3, -0.25) is 14.6 Å². The van der Waals surface area contributed by atoms with Gasteiger partial charge in [0.25, 0.3) is 11.8 Å². The minimum Gasteiger partial charge on any atom is -0.348 e. The number of hydrogen-bond acceptors (Lipinski definition) is 3. The third-order valence-electron chi connectivity index (χ3n) is 3.87. The maximum Gasteiger partial charge on any atom is 0.255 e. The van der Waals surface area contributed by atoms with Crippen molar-refractivity contribution < 1.29 is 9.59 Å². The summed E-state index contributed by atoms with van der Waals surface area (Å²) in [5, 5.41) is 5.66. The maximum absolute atomic E-state index is 12.4. The number of nitrogens with zero attached hydrogens (tertiary/aromatic N) is 1. The smallest absolute Gasteiger partial charge is 0.255 e. The van der Waals surface area contributed by atoms with Crippen LogP contribution >= 0.6 is 0 Å². The zero-order valence-electron chi connectivity index (χ0n) is 14.4. The molecule has 0 radical (unpaired) electrons. The van der Waals surface area contributed by atoms with Gasteiger partial charge < -0.3 is 10.6 Å². The molecule has 0 aliphatic carbocycles. The molecule has 26 heavy (non-hydrogen) atoms. The van der Waals surface area contributed by atoms with Crippen molar-refractivity contribution in [3.63, 3.8) is 0 Å². The number of anilines is 1. The number of aryl methyl sites for hydroxylation is 1. The van der Waals surface area contributed by atoms with Gasteiger partial charge in [-0.15, -0.1) is 0 Å². The maximum atomic E-state index is 12.4. The monoisotopic (exact) mass is 345 g/mol. The Balaban J connectivity index is 1.66. The summed E-state index contributed by atoms with van der Waals surface area (Å²) < 4.78 is 0. The summed E-state index contributed by atoms with van der Waals surface area (Å²) in [7, 11) is 0. The van der Waals surface area contributed by atoms with Gasteiger partial charge in [0, 0.05) is 35.8 Å². The number of carbonyl (C=O) groups is 2. The number of aromatic nitrogens is 1. The fraction of sp³-hybridized carbons (Fsp3) is 0.0952. The Morgan fingerprint density at radius 3 is 2.35 bits per heavy atom. The fourth-order valence-corrected chi connectivity index (χ4v) is 2.43. The summed E-state index contributed by atoms with van der Waals surface area (Å²) in [6.07, 6.45) is 3.38. The van der Waals surface area contributed by atoms with E-state index in [-0.39, 0.29) is 11.8 Å². The van der Waals surface area contributed by atoms with Gasteiger partial charge >= 0.3 is 0 Å². The van der Waals surface area contributed by atoms with Crippen LogP contribution in [0.15, 0.2) is 73.1 Å². The molecule has 0 spiro atoms. The average molecular weight is 345 g/mol. The highest BCUT2D eigenvalue weighted by atomic mass is 16.2. The van der Waals surface area contributed by atoms with Gasteiger partial charge in [0.15, 0.2) is 0 Å². The van der Waals surface area contributed by atoms with E-state index in [1.807, 2.05) is 43.3 Å². The summed E-state index contributed by atoms with van der Waals surface area (Å²) in [5.74, 6) is -0.491. The standard InChI is InChI=1S/C21H19N3O2/c1-15-7-9-19(10-8-15)24-21(26)18-6-2-5-17(12-18)20(25)23-14-16-4-3-11-22-13-16/h2-13H,14H2,1H3,(H,23,25)(H,24,26). The van der Waals surface area contributed by atoms with Crippen molar-refractivity contribution in [1.82, 2.24) is 10.3 Å². The van der Waals surface area contributed by atoms with E-state index in [4.69, 9.17) is 0 Å². The molecule has 0 unspecified atom stereocenters. The van der Waals surface area contributed by atoms with Crippen LogP contribution in [-0.4, -0.2) is 16.8 Å².